The van der Waals surface area contributed by atoms with Gasteiger partial charge in [-0.1, -0.05) is 19.3 Å². The molecule has 25 heavy (non-hydrogen) atoms. The number of H-pyrrole nitrogens is 1. The average molecular weight is 348 g/mol. The van der Waals surface area contributed by atoms with Gasteiger partial charge < -0.3 is 15.4 Å². The predicted molar refractivity (Wildman–Crippen MR) is 94.2 cm³/mol. The lowest BCUT2D eigenvalue weighted by atomic mass is 9.78. The fraction of sp³-hybridized carbons (Fsp3) is 0.722. The van der Waals surface area contributed by atoms with Crippen molar-refractivity contribution in [1.29, 1.82) is 0 Å². The van der Waals surface area contributed by atoms with Crippen molar-refractivity contribution in [3.63, 3.8) is 0 Å². The quantitative estimate of drug-likeness (QED) is 0.704. The highest BCUT2D eigenvalue weighted by Gasteiger charge is 2.33. The van der Waals surface area contributed by atoms with E-state index < -0.39 is 0 Å². The Balaban J connectivity index is 1.42. The maximum Gasteiger partial charge on any atom is 0.246 e. The zero-order valence-electron chi connectivity index (χ0n) is 14.8. The van der Waals surface area contributed by atoms with Crippen molar-refractivity contribution in [2.45, 2.75) is 63.8 Å². The maximum absolute atomic E-state index is 12.3. The summed E-state index contributed by atoms with van der Waals surface area (Å²) < 4.78 is 5.10. The third-order valence-electron chi connectivity index (χ3n) is 5.21. The predicted octanol–water partition coefficient (Wildman–Crippen LogP) is 2.33. The Kier molecular flexibility index (Phi) is 6.07. The number of nitrogens with zero attached hydrogens (tertiary/aromatic N) is 1. The van der Waals surface area contributed by atoms with Crippen molar-refractivity contribution in [3.8, 4) is 0 Å². The minimum atomic E-state index is -0.0599. The van der Waals surface area contributed by atoms with E-state index in [1.807, 2.05) is 13.0 Å². The molecular weight excluding hydrogens is 320 g/mol. The molecule has 2 amide bonds. The van der Waals surface area contributed by atoms with Gasteiger partial charge >= 0.3 is 0 Å². The van der Waals surface area contributed by atoms with Crippen molar-refractivity contribution in [2.75, 3.05) is 18.5 Å². The minimum Gasteiger partial charge on any atom is -0.372 e. The van der Waals surface area contributed by atoms with Crippen molar-refractivity contribution < 1.29 is 14.3 Å². The Morgan fingerprint density at radius 3 is 2.76 bits per heavy atom. The van der Waals surface area contributed by atoms with E-state index in [1.54, 1.807) is 0 Å². The fourth-order valence-electron chi connectivity index (χ4n) is 3.66. The molecule has 1 heterocycles. The Morgan fingerprint density at radius 1 is 1.28 bits per heavy atom. The number of amides is 2. The Bertz CT molecular complexity index is 589. The number of aromatic nitrogens is 2. The molecule has 2 fully saturated rings. The van der Waals surface area contributed by atoms with E-state index in [-0.39, 0.29) is 30.4 Å². The van der Waals surface area contributed by atoms with Crippen molar-refractivity contribution in [3.05, 3.63) is 11.8 Å². The number of anilines is 1. The first kappa shape index (κ1) is 17.9. The Labute approximate surface area is 148 Å². The summed E-state index contributed by atoms with van der Waals surface area (Å²) >= 11 is 0. The molecule has 2 aliphatic rings. The summed E-state index contributed by atoms with van der Waals surface area (Å²) in [6, 6.07) is 2.12. The third-order valence-corrected chi connectivity index (χ3v) is 5.21. The minimum absolute atomic E-state index is 0.0599. The van der Waals surface area contributed by atoms with Crippen LogP contribution in [0.15, 0.2) is 6.07 Å². The van der Waals surface area contributed by atoms with Gasteiger partial charge in [0.05, 0.1) is 0 Å². The van der Waals surface area contributed by atoms with Gasteiger partial charge in [-0.05, 0) is 32.6 Å². The van der Waals surface area contributed by atoms with Gasteiger partial charge in [0.25, 0.3) is 0 Å². The van der Waals surface area contributed by atoms with Gasteiger partial charge in [-0.25, -0.2) is 0 Å². The molecule has 0 aliphatic heterocycles. The number of ether oxygens (including phenoxy) is 1. The molecule has 0 atom stereocenters. The molecule has 0 saturated heterocycles. The molecule has 3 N–H and O–H groups in total. The van der Waals surface area contributed by atoms with Gasteiger partial charge in [0.2, 0.25) is 11.8 Å². The normalized spacial score (nSPS) is 23.7. The first-order valence-corrected chi connectivity index (χ1v) is 9.39. The summed E-state index contributed by atoms with van der Waals surface area (Å²) in [7, 11) is 0. The molecule has 2 aliphatic carbocycles. The van der Waals surface area contributed by atoms with Crippen LogP contribution in [0.25, 0.3) is 0 Å². The Hall–Kier alpha value is -1.89. The summed E-state index contributed by atoms with van der Waals surface area (Å²) in [5.74, 6) is 1.12. The molecule has 0 spiro atoms. The van der Waals surface area contributed by atoms with Gasteiger partial charge in [0.1, 0.15) is 6.61 Å². The lowest BCUT2D eigenvalue weighted by Crippen LogP contribution is -2.44. The fourth-order valence-corrected chi connectivity index (χ4v) is 3.66. The van der Waals surface area contributed by atoms with Crippen LogP contribution >= 0.6 is 0 Å². The van der Waals surface area contributed by atoms with Gasteiger partial charge in [-0.3, -0.25) is 14.7 Å². The second-order valence-electron chi connectivity index (χ2n) is 7.10. The molecule has 0 unspecified atom stereocenters. The van der Waals surface area contributed by atoms with E-state index in [1.165, 1.54) is 6.42 Å². The van der Waals surface area contributed by atoms with Crippen LogP contribution in [0, 0.1) is 5.92 Å². The summed E-state index contributed by atoms with van der Waals surface area (Å²) in [4.78, 5) is 23.9. The monoisotopic (exact) mass is 348 g/mol. The first-order chi connectivity index (χ1) is 12.2. The standard InChI is InChI=1S/C18H28N4O3/c1-2-25-11-17(23)19-14-8-13(9-14)15-10-16(22-21-15)20-18(24)12-6-4-3-5-7-12/h10,12-14H,2-9,11H2,1H3,(H,19,23)(H2,20,21,22,24). The molecule has 1 aromatic heterocycles. The van der Waals surface area contributed by atoms with Crippen LogP contribution in [-0.4, -0.2) is 41.3 Å². The van der Waals surface area contributed by atoms with Gasteiger partial charge in [0, 0.05) is 36.2 Å². The van der Waals surface area contributed by atoms with Crippen LogP contribution in [0.5, 0.6) is 0 Å². The van der Waals surface area contributed by atoms with Crippen molar-refractivity contribution in [2.24, 2.45) is 5.92 Å². The van der Waals surface area contributed by atoms with Gasteiger partial charge in [-0.2, -0.15) is 5.10 Å². The van der Waals surface area contributed by atoms with Crippen LogP contribution in [0.4, 0.5) is 5.82 Å². The van der Waals surface area contributed by atoms with Crippen LogP contribution in [0.3, 0.4) is 0 Å². The van der Waals surface area contributed by atoms with Crippen molar-refractivity contribution in [1.82, 2.24) is 15.5 Å². The number of aromatic amines is 1. The van der Waals surface area contributed by atoms with E-state index in [0.29, 0.717) is 18.3 Å². The maximum atomic E-state index is 12.3. The SMILES string of the molecule is CCOCC(=O)NC1CC(c2cc(NC(=O)C3CCCCC3)n[nH]2)C1. The van der Waals surface area contributed by atoms with E-state index in [2.05, 4.69) is 20.8 Å². The number of nitrogens with one attached hydrogen (secondary N) is 3. The number of carbonyl (C=O) groups excluding carboxylic acids is 2. The highest BCUT2D eigenvalue weighted by molar-refractivity contribution is 5.91. The Morgan fingerprint density at radius 2 is 2.04 bits per heavy atom. The molecule has 7 heteroatoms. The van der Waals surface area contributed by atoms with Crippen LogP contribution in [0.2, 0.25) is 0 Å². The first-order valence-electron chi connectivity index (χ1n) is 9.39. The van der Waals surface area contributed by atoms with Crippen LogP contribution < -0.4 is 10.6 Å². The van der Waals surface area contributed by atoms with Crippen LogP contribution in [0.1, 0.15) is 63.5 Å². The lowest BCUT2D eigenvalue weighted by Gasteiger charge is -2.35. The average Bonchev–Trinajstić information content (AvgIpc) is 3.04. The number of hydrogen-bond acceptors (Lipinski definition) is 4. The molecule has 2 saturated carbocycles. The summed E-state index contributed by atoms with van der Waals surface area (Å²) in [5.41, 5.74) is 1.02. The molecular formula is C18H28N4O3. The number of hydrogen-bond donors (Lipinski definition) is 3. The molecule has 0 radical (unpaired) electrons. The second kappa shape index (κ2) is 8.47. The lowest BCUT2D eigenvalue weighted by molar-refractivity contribution is -0.127. The van der Waals surface area contributed by atoms with E-state index in [9.17, 15) is 9.59 Å². The molecule has 1 aromatic rings. The molecule has 0 aromatic carbocycles. The summed E-state index contributed by atoms with van der Waals surface area (Å²) in [5, 5.41) is 13.1. The summed E-state index contributed by atoms with van der Waals surface area (Å²) in [6.07, 6.45) is 7.25. The second-order valence-corrected chi connectivity index (χ2v) is 7.10. The zero-order valence-corrected chi connectivity index (χ0v) is 14.8. The van der Waals surface area contributed by atoms with Crippen molar-refractivity contribution >= 4 is 17.6 Å². The topological polar surface area (TPSA) is 96.1 Å². The molecule has 7 nitrogen and oxygen atoms in total. The van der Waals surface area contributed by atoms with E-state index in [4.69, 9.17) is 4.74 Å². The molecule has 0 bridgehead atoms. The third kappa shape index (κ3) is 4.81. The summed E-state index contributed by atoms with van der Waals surface area (Å²) in [6.45, 7) is 2.54. The highest BCUT2D eigenvalue weighted by Crippen LogP contribution is 2.36. The highest BCUT2D eigenvalue weighted by atomic mass is 16.5. The smallest absolute Gasteiger partial charge is 0.246 e. The van der Waals surface area contributed by atoms with Gasteiger partial charge in [-0.15, -0.1) is 0 Å². The van der Waals surface area contributed by atoms with E-state index in [0.717, 1.165) is 44.2 Å². The number of carbonyl (C=O) groups is 2. The largest absolute Gasteiger partial charge is 0.372 e. The molecule has 3 rings (SSSR count). The molecule has 138 valence electrons. The van der Waals surface area contributed by atoms with Gasteiger partial charge in [0.15, 0.2) is 5.82 Å². The van der Waals surface area contributed by atoms with E-state index >= 15 is 0 Å². The zero-order chi connectivity index (χ0) is 17.6. The number of rotatable bonds is 7. The van der Waals surface area contributed by atoms with Crippen LogP contribution in [-0.2, 0) is 14.3 Å².